The molecule has 0 spiro atoms. The van der Waals surface area contributed by atoms with E-state index in [9.17, 15) is 27.6 Å². The van der Waals surface area contributed by atoms with Gasteiger partial charge in [-0.15, -0.1) is 0 Å². The first kappa shape index (κ1) is 25.0. The summed E-state index contributed by atoms with van der Waals surface area (Å²) in [5, 5.41) is 12.4. The van der Waals surface area contributed by atoms with Gasteiger partial charge in [-0.3, -0.25) is 4.79 Å². The molecule has 0 saturated heterocycles. The molecule has 34 heavy (non-hydrogen) atoms. The second kappa shape index (κ2) is 10.1. The third-order valence-electron chi connectivity index (χ3n) is 5.60. The van der Waals surface area contributed by atoms with E-state index >= 15 is 0 Å². The summed E-state index contributed by atoms with van der Waals surface area (Å²) in [6.07, 6.45) is -7.79. The topological polar surface area (TPSA) is 114 Å². The number of carboxylic acid groups (broad SMARTS) is 1. The molecule has 2 aromatic carbocycles. The van der Waals surface area contributed by atoms with Gasteiger partial charge in [0, 0.05) is 13.0 Å². The average molecular weight is 480 g/mol. The molecule has 3 rings (SSSR count). The van der Waals surface area contributed by atoms with Gasteiger partial charge in [0.05, 0.1) is 6.10 Å². The summed E-state index contributed by atoms with van der Waals surface area (Å²) >= 11 is 0. The maximum Gasteiger partial charge on any atom is 0.417 e. The minimum atomic E-state index is -5.20. The number of carboxylic acids is 1. The SMILES string of the molecule is CO[C@H](C)[C@H](NC(=O)C(NC(=O)OCC1c2ccccc2-c2ccccc21)C(F)(F)F)C(=O)O. The van der Waals surface area contributed by atoms with E-state index in [2.05, 4.69) is 0 Å². The summed E-state index contributed by atoms with van der Waals surface area (Å²) in [6, 6.07) is 10.0. The Bertz CT molecular complexity index is 1030. The quantitative estimate of drug-likeness (QED) is 0.535. The Morgan fingerprint density at radius 1 is 1.00 bits per heavy atom. The zero-order valence-electron chi connectivity index (χ0n) is 18.3. The first-order valence-corrected chi connectivity index (χ1v) is 10.3. The molecule has 0 radical (unpaired) electrons. The van der Waals surface area contributed by atoms with Gasteiger partial charge in [0.1, 0.15) is 6.61 Å². The minimum Gasteiger partial charge on any atom is -0.480 e. The third kappa shape index (κ3) is 5.30. The van der Waals surface area contributed by atoms with E-state index in [1.165, 1.54) is 12.2 Å². The number of ether oxygens (including phenoxy) is 2. The van der Waals surface area contributed by atoms with Gasteiger partial charge in [-0.2, -0.15) is 13.2 Å². The second-order valence-electron chi connectivity index (χ2n) is 7.71. The van der Waals surface area contributed by atoms with Crippen LogP contribution in [-0.2, 0) is 19.1 Å². The van der Waals surface area contributed by atoms with Crippen LogP contribution in [0, 0.1) is 0 Å². The van der Waals surface area contributed by atoms with Crippen molar-refractivity contribution in [2.24, 2.45) is 0 Å². The largest absolute Gasteiger partial charge is 0.480 e. The molecule has 182 valence electrons. The van der Waals surface area contributed by atoms with Crippen molar-refractivity contribution >= 4 is 18.0 Å². The van der Waals surface area contributed by atoms with Crippen LogP contribution in [0.5, 0.6) is 0 Å². The highest BCUT2D eigenvalue weighted by Crippen LogP contribution is 2.44. The number of amides is 2. The van der Waals surface area contributed by atoms with E-state index in [4.69, 9.17) is 14.6 Å². The van der Waals surface area contributed by atoms with Crippen LogP contribution in [0.1, 0.15) is 24.0 Å². The molecule has 1 aliphatic rings. The average Bonchev–Trinajstić information content (AvgIpc) is 3.11. The summed E-state index contributed by atoms with van der Waals surface area (Å²) in [5.74, 6) is -3.74. The van der Waals surface area contributed by atoms with Crippen LogP contribution in [0.2, 0.25) is 0 Å². The Labute approximate surface area is 193 Å². The van der Waals surface area contributed by atoms with Crippen molar-refractivity contribution in [1.82, 2.24) is 10.6 Å². The standard InChI is InChI=1S/C23H23F3N2O6/c1-12(33-2)18(21(30)31)27-20(29)19(23(24,25)26)28-22(32)34-11-17-15-9-5-3-7-13(15)14-8-4-6-10-16(14)17/h3-10,12,17-19H,11H2,1-2H3,(H,27,29)(H,28,32)(H,30,31)/t12-,18+,19?/m1/s1. The summed E-state index contributed by atoms with van der Waals surface area (Å²) in [5.41, 5.74) is 3.59. The van der Waals surface area contributed by atoms with Gasteiger partial charge in [-0.1, -0.05) is 48.5 Å². The van der Waals surface area contributed by atoms with Gasteiger partial charge in [-0.25, -0.2) is 9.59 Å². The molecule has 0 fully saturated rings. The number of alkyl carbamates (subject to hydrolysis) is 1. The van der Waals surface area contributed by atoms with Crippen molar-refractivity contribution in [2.75, 3.05) is 13.7 Å². The molecule has 0 saturated carbocycles. The van der Waals surface area contributed by atoms with Crippen LogP contribution in [0.15, 0.2) is 48.5 Å². The van der Waals surface area contributed by atoms with Crippen molar-refractivity contribution in [3.63, 3.8) is 0 Å². The molecule has 2 amide bonds. The number of nitrogens with one attached hydrogen (secondary N) is 2. The van der Waals surface area contributed by atoms with Crippen LogP contribution >= 0.6 is 0 Å². The first-order chi connectivity index (χ1) is 16.0. The minimum absolute atomic E-state index is 0.259. The number of methoxy groups -OCH3 is 1. The molecule has 3 N–H and O–H groups in total. The summed E-state index contributed by atoms with van der Waals surface area (Å²) in [7, 11) is 1.14. The number of hydrogen-bond donors (Lipinski definition) is 3. The van der Waals surface area contributed by atoms with E-state index in [0.29, 0.717) is 0 Å². The predicted octanol–water partition coefficient (Wildman–Crippen LogP) is 3.06. The molecular formula is C23H23F3N2O6. The monoisotopic (exact) mass is 480 g/mol. The number of halogens is 3. The number of carbonyl (C=O) groups is 3. The van der Waals surface area contributed by atoms with Gasteiger partial charge in [-0.05, 0) is 29.2 Å². The smallest absolute Gasteiger partial charge is 0.417 e. The van der Waals surface area contributed by atoms with E-state index in [0.717, 1.165) is 29.4 Å². The van der Waals surface area contributed by atoms with Crippen LogP contribution in [0.3, 0.4) is 0 Å². The van der Waals surface area contributed by atoms with Crippen LogP contribution < -0.4 is 10.6 Å². The van der Waals surface area contributed by atoms with Gasteiger partial charge >= 0.3 is 18.2 Å². The van der Waals surface area contributed by atoms with Crippen molar-refractivity contribution in [3.05, 3.63) is 59.7 Å². The summed E-state index contributed by atoms with van der Waals surface area (Å²) < 4.78 is 50.3. The number of aliphatic carboxylic acids is 1. The number of rotatable bonds is 8. The molecule has 2 aromatic rings. The lowest BCUT2D eigenvalue weighted by Crippen LogP contribution is -2.59. The Kier molecular flexibility index (Phi) is 7.45. The fourth-order valence-corrected chi connectivity index (χ4v) is 3.81. The molecule has 1 aliphatic carbocycles. The molecule has 0 aliphatic heterocycles. The Hall–Kier alpha value is -3.60. The lowest BCUT2D eigenvalue weighted by Gasteiger charge is -2.25. The zero-order chi connectivity index (χ0) is 25.0. The first-order valence-electron chi connectivity index (χ1n) is 10.3. The van der Waals surface area contributed by atoms with Crippen LogP contribution in [0.25, 0.3) is 11.1 Å². The molecule has 1 unspecified atom stereocenters. The summed E-state index contributed by atoms with van der Waals surface area (Å²) in [6.45, 7) is 1.01. The maximum absolute atomic E-state index is 13.5. The zero-order valence-corrected chi connectivity index (χ0v) is 18.3. The molecule has 11 heteroatoms. The maximum atomic E-state index is 13.5. The highest BCUT2D eigenvalue weighted by Gasteiger charge is 2.47. The van der Waals surface area contributed by atoms with Gasteiger partial charge in [0.2, 0.25) is 6.04 Å². The molecule has 0 heterocycles. The normalized spacial score (nSPS) is 15.4. The molecule has 3 atom stereocenters. The van der Waals surface area contributed by atoms with Crippen LogP contribution in [0.4, 0.5) is 18.0 Å². The lowest BCUT2D eigenvalue weighted by molar-refractivity contribution is -0.170. The Morgan fingerprint density at radius 2 is 1.53 bits per heavy atom. The van der Waals surface area contributed by atoms with Crippen LogP contribution in [-0.4, -0.2) is 61.2 Å². The molecular weight excluding hydrogens is 457 g/mol. The number of alkyl halides is 3. The fourth-order valence-electron chi connectivity index (χ4n) is 3.81. The highest BCUT2D eigenvalue weighted by atomic mass is 19.4. The number of hydrogen-bond acceptors (Lipinski definition) is 5. The number of benzene rings is 2. The van der Waals surface area contributed by atoms with Gasteiger partial charge in [0.15, 0.2) is 6.04 Å². The number of fused-ring (bicyclic) bond motifs is 3. The van der Waals surface area contributed by atoms with E-state index in [-0.39, 0.29) is 6.61 Å². The van der Waals surface area contributed by atoms with Crippen molar-refractivity contribution in [3.8, 4) is 11.1 Å². The van der Waals surface area contributed by atoms with Gasteiger partial charge < -0.3 is 25.2 Å². The van der Waals surface area contributed by atoms with Crippen molar-refractivity contribution in [1.29, 1.82) is 0 Å². The van der Waals surface area contributed by atoms with E-state index < -0.39 is 48.3 Å². The van der Waals surface area contributed by atoms with E-state index in [1.54, 1.807) is 5.32 Å². The fraction of sp³-hybridized carbons (Fsp3) is 0.348. The van der Waals surface area contributed by atoms with Crippen molar-refractivity contribution in [2.45, 2.75) is 37.2 Å². The highest BCUT2D eigenvalue weighted by molar-refractivity contribution is 5.90. The lowest BCUT2D eigenvalue weighted by atomic mass is 9.98. The van der Waals surface area contributed by atoms with E-state index in [1.807, 2.05) is 48.5 Å². The summed E-state index contributed by atoms with van der Waals surface area (Å²) in [4.78, 5) is 35.8. The molecule has 0 aromatic heterocycles. The molecule has 0 bridgehead atoms. The third-order valence-corrected chi connectivity index (χ3v) is 5.60. The molecule has 8 nitrogen and oxygen atoms in total. The Morgan fingerprint density at radius 3 is 2.00 bits per heavy atom. The Balaban J connectivity index is 1.70. The number of carbonyl (C=O) groups excluding carboxylic acids is 2. The van der Waals surface area contributed by atoms with Crippen molar-refractivity contribution < 1.29 is 42.1 Å². The van der Waals surface area contributed by atoms with Gasteiger partial charge in [0.25, 0.3) is 5.91 Å². The predicted molar refractivity (Wildman–Crippen MR) is 114 cm³/mol. The second-order valence-corrected chi connectivity index (χ2v) is 7.71.